The van der Waals surface area contributed by atoms with Crippen molar-refractivity contribution in [3.8, 4) is 0 Å². The van der Waals surface area contributed by atoms with Crippen molar-refractivity contribution in [1.29, 1.82) is 0 Å². The monoisotopic (exact) mass is 336 g/mol. The van der Waals surface area contributed by atoms with Gasteiger partial charge in [-0.25, -0.2) is 15.0 Å². The number of aliphatic hydroxyl groups is 2. The number of anilines is 1. The van der Waals surface area contributed by atoms with Crippen LogP contribution in [0, 0.1) is 0 Å². The number of hydrogen-bond donors (Lipinski definition) is 3. The van der Waals surface area contributed by atoms with Crippen LogP contribution in [-0.4, -0.2) is 85.8 Å². The summed E-state index contributed by atoms with van der Waals surface area (Å²) in [5.41, 5.74) is 6.69. The predicted molar refractivity (Wildman–Crippen MR) is 82.9 cm³/mol. The second-order valence-electron chi connectivity index (χ2n) is 6.04. The molecule has 2 unspecified atom stereocenters. The van der Waals surface area contributed by atoms with Gasteiger partial charge in [0.2, 0.25) is 0 Å². The van der Waals surface area contributed by atoms with Crippen LogP contribution < -0.4 is 5.73 Å². The Labute approximate surface area is 137 Å². The summed E-state index contributed by atoms with van der Waals surface area (Å²) in [4.78, 5) is 14.4. The molecule has 24 heavy (non-hydrogen) atoms. The molecule has 0 aliphatic carbocycles. The van der Waals surface area contributed by atoms with Crippen LogP contribution in [0.2, 0.25) is 0 Å². The lowest BCUT2D eigenvalue weighted by atomic mass is 10.1. The first kappa shape index (κ1) is 15.7. The number of fused-ring (bicyclic) bond motifs is 1. The van der Waals surface area contributed by atoms with E-state index >= 15 is 0 Å². The SMILES string of the molecule is Nc1ncnc2c1ncn2[C@@H]1O[C@H](CN2CCOCC2)C(O)C1O. The number of nitrogen functional groups attached to an aromatic ring is 1. The van der Waals surface area contributed by atoms with Crippen molar-refractivity contribution in [3.63, 3.8) is 0 Å². The van der Waals surface area contributed by atoms with E-state index in [0.29, 0.717) is 30.9 Å². The standard InChI is InChI=1S/C14H20N6O4/c15-12-9-13(17-6-16-12)20(7-18-9)14-11(22)10(21)8(24-14)5-19-1-3-23-4-2-19/h6-8,10-11,14,21-22H,1-5H2,(H2,15,16,17)/t8-,10?,11?,14-/m1/s1. The molecule has 2 aromatic heterocycles. The number of morpholine rings is 1. The van der Waals surface area contributed by atoms with Gasteiger partial charge in [0, 0.05) is 19.6 Å². The van der Waals surface area contributed by atoms with E-state index in [1.165, 1.54) is 12.7 Å². The van der Waals surface area contributed by atoms with Gasteiger partial charge in [0.1, 0.15) is 30.2 Å². The molecule has 2 aromatic rings. The zero-order valence-corrected chi connectivity index (χ0v) is 13.0. The van der Waals surface area contributed by atoms with Crippen LogP contribution in [0.15, 0.2) is 12.7 Å². The van der Waals surface area contributed by atoms with Gasteiger partial charge >= 0.3 is 0 Å². The van der Waals surface area contributed by atoms with Gasteiger partial charge in [-0.05, 0) is 0 Å². The molecule has 4 N–H and O–H groups in total. The highest BCUT2D eigenvalue weighted by atomic mass is 16.6. The summed E-state index contributed by atoms with van der Waals surface area (Å²) in [5.74, 6) is 0.261. The molecule has 10 nitrogen and oxygen atoms in total. The van der Waals surface area contributed by atoms with E-state index in [2.05, 4.69) is 19.9 Å². The fourth-order valence-corrected chi connectivity index (χ4v) is 3.20. The lowest BCUT2D eigenvalue weighted by molar-refractivity contribution is -0.0549. The highest BCUT2D eigenvalue weighted by Gasteiger charge is 2.44. The second kappa shape index (κ2) is 6.22. The first-order valence-electron chi connectivity index (χ1n) is 7.90. The Hall–Kier alpha value is -1.85. The van der Waals surface area contributed by atoms with Crippen LogP contribution in [0.1, 0.15) is 6.23 Å². The Balaban J connectivity index is 1.56. The Morgan fingerprint density at radius 1 is 1.17 bits per heavy atom. The minimum atomic E-state index is -1.08. The maximum absolute atomic E-state index is 10.4. The van der Waals surface area contributed by atoms with E-state index in [1.807, 2.05) is 0 Å². The minimum Gasteiger partial charge on any atom is -0.387 e. The molecule has 4 atom stereocenters. The molecule has 4 heterocycles. The maximum atomic E-state index is 10.4. The number of aromatic nitrogens is 4. The van der Waals surface area contributed by atoms with Gasteiger partial charge in [-0.3, -0.25) is 9.47 Å². The number of ether oxygens (including phenoxy) is 2. The minimum absolute atomic E-state index is 0.261. The number of aliphatic hydroxyl groups excluding tert-OH is 2. The summed E-state index contributed by atoms with van der Waals surface area (Å²) in [7, 11) is 0. The molecule has 0 saturated carbocycles. The third-order valence-electron chi connectivity index (χ3n) is 4.54. The Morgan fingerprint density at radius 3 is 2.75 bits per heavy atom. The van der Waals surface area contributed by atoms with Crippen LogP contribution in [0.5, 0.6) is 0 Å². The maximum Gasteiger partial charge on any atom is 0.167 e. The number of rotatable bonds is 3. The van der Waals surface area contributed by atoms with Gasteiger partial charge in [0.25, 0.3) is 0 Å². The van der Waals surface area contributed by atoms with E-state index in [1.54, 1.807) is 4.57 Å². The lowest BCUT2D eigenvalue weighted by Crippen LogP contribution is -2.44. The van der Waals surface area contributed by atoms with Crippen molar-refractivity contribution < 1.29 is 19.7 Å². The molecule has 4 rings (SSSR count). The number of nitrogens with two attached hydrogens (primary N) is 1. The van der Waals surface area contributed by atoms with E-state index < -0.39 is 24.5 Å². The van der Waals surface area contributed by atoms with Crippen molar-refractivity contribution >= 4 is 17.0 Å². The first-order valence-corrected chi connectivity index (χ1v) is 7.90. The van der Waals surface area contributed by atoms with Crippen LogP contribution in [0.3, 0.4) is 0 Å². The topological polar surface area (TPSA) is 132 Å². The van der Waals surface area contributed by atoms with Crippen molar-refractivity contribution in [2.75, 3.05) is 38.6 Å². The fraction of sp³-hybridized carbons (Fsp3) is 0.643. The van der Waals surface area contributed by atoms with Gasteiger partial charge in [-0.1, -0.05) is 0 Å². The molecular formula is C14H20N6O4. The third-order valence-corrected chi connectivity index (χ3v) is 4.54. The summed E-state index contributed by atoms with van der Waals surface area (Å²) < 4.78 is 12.8. The van der Waals surface area contributed by atoms with E-state index in [9.17, 15) is 10.2 Å². The quantitative estimate of drug-likeness (QED) is 0.603. The van der Waals surface area contributed by atoms with Gasteiger partial charge in [0.05, 0.1) is 19.5 Å². The van der Waals surface area contributed by atoms with Gasteiger partial charge in [-0.15, -0.1) is 0 Å². The van der Waals surface area contributed by atoms with Crippen LogP contribution in [-0.2, 0) is 9.47 Å². The van der Waals surface area contributed by atoms with Crippen molar-refractivity contribution in [2.24, 2.45) is 0 Å². The number of hydrogen-bond acceptors (Lipinski definition) is 9. The highest BCUT2D eigenvalue weighted by molar-refractivity contribution is 5.81. The molecule has 0 amide bonds. The molecule has 2 saturated heterocycles. The van der Waals surface area contributed by atoms with Crippen molar-refractivity contribution in [3.05, 3.63) is 12.7 Å². The molecule has 130 valence electrons. The van der Waals surface area contributed by atoms with Gasteiger partial charge in [0.15, 0.2) is 17.7 Å². The second-order valence-corrected chi connectivity index (χ2v) is 6.04. The highest BCUT2D eigenvalue weighted by Crippen LogP contribution is 2.32. The number of nitrogens with zero attached hydrogens (tertiary/aromatic N) is 5. The molecule has 0 bridgehead atoms. The lowest BCUT2D eigenvalue weighted by Gasteiger charge is -2.29. The van der Waals surface area contributed by atoms with Gasteiger partial charge < -0.3 is 25.4 Å². The Morgan fingerprint density at radius 2 is 1.96 bits per heavy atom. The normalized spacial score (nSPS) is 31.8. The molecular weight excluding hydrogens is 316 g/mol. The zero-order valence-electron chi connectivity index (χ0n) is 13.0. The average Bonchev–Trinajstić information content (AvgIpc) is 3.13. The largest absolute Gasteiger partial charge is 0.387 e. The molecule has 0 spiro atoms. The van der Waals surface area contributed by atoms with Crippen LogP contribution >= 0.6 is 0 Å². The molecule has 2 aliphatic heterocycles. The molecule has 2 aliphatic rings. The summed E-state index contributed by atoms with van der Waals surface area (Å²) in [6.45, 7) is 3.42. The smallest absolute Gasteiger partial charge is 0.167 e. The molecule has 0 radical (unpaired) electrons. The first-order chi connectivity index (χ1) is 11.6. The summed E-state index contributed by atoms with van der Waals surface area (Å²) in [6, 6.07) is 0. The summed E-state index contributed by atoms with van der Waals surface area (Å²) >= 11 is 0. The van der Waals surface area contributed by atoms with Crippen molar-refractivity contribution in [2.45, 2.75) is 24.5 Å². The summed E-state index contributed by atoms with van der Waals surface area (Å²) in [6.07, 6.45) is -0.518. The Bertz CT molecular complexity index is 718. The zero-order chi connectivity index (χ0) is 16.7. The summed E-state index contributed by atoms with van der Waals surface area (Å²) in [5, 5.41) is 20.8. The van der Waals surface area contributed by atoms with Gasteiger partial charge in [-0.2, -0.15) is 0 Å². The van der Waals surface area contributed by atoms with Crippen LogP contribution in [0.25, 0.3) is 11.2 Å². The van der Waals surface area contributed by atoms with E-state index in [4.69, 9.17) is 15.2 Å². The predicted octanol–water partition coefficient (Wildman–Crippen LogP) is -1.64. The third kappa shape index (κ3) is 2.62. The van der Waals surface area contributed by atoms with E-state index in [-0.39, 0.29) is 5.82 Å². The molecule has 2 fully saturated rings. The average molecular weight is 336 g/mol. The van der Waals surface area contributed by atoms with Crippen molar-refractivity contribution in [1.82, 2.24) is 24.4 Å². The van der Waals surface area contributed by atoms with Crippen LogP contribution in [0.4, 0.5) is 5.82 Å². The molecule has 10 heteroatoms. The van der Waals surface area contributed by atoms with E-state index in [0.717, 1.165) is 13.1 Å². The number of imidazole rings is 1. The molecule has 0 aromatic carbocycles. The fourth-order valence-electron chi connectivity index (χ4n) is 3.20. The Kier molecular flexibility index (Phi) is 4.06.